The molecule has 7 nitrogen and oxygen atoms in total. The van der Waals surface area contributed by atoms with Gasteiger partial charge in [0.1, 0.15) is 12.0 Å². The molecule has 4 unspecified atom stereocenters. The summed E-state index contributed by atoms with van der Waals surface area (Å²) in [4.78, 5) is 24.2. The molecule has 2 N–H and O–H groups in total. The highest BCUT2D eigenvalue weighted by atomic mass is 35.5. The van der Waals surface area contributed by atoms with Crippen LogP contribution in [0.2, 0.25) is 5.02 Å². The maximum absolute atomic E-state index is 12.6. The number of hydrazine groups is 1. The first-order chi connectivity index (χ1) is 13.5. The molecule has 1 aliphatic heterocycles. The molecule has 0 saturated carbocycles. The van der Waals surface area contributed by atoms with Gasteiger partial charge in [0, 0.05) is 43.9 Å². The molecule has 0 radical (unpaired) electrons. The first kappa shape index (κ1) is 21.2. The van der Waals surface area contributed by atoms with Gasteiger partial charge < -0.3 is 18.6 Å². The lowest BCUT2D eigenvalue weighted by Crippen LogP contribution is -2.33. The first-order valence-electron chi connectivity index (χ1n) is 9.13. The molecule has 4 atom stereocenters. The zero-order chi connectivity index (χ0) is 20.4. The number of fused-ring (bicyclic) bond motifs is 1. The Balaban J connectivity index is 2.27. The Morgan fingerprint density at radius 3 is 2.79 bits per heavy atom. The second-order valence-electron chi connectivity index (χ2n) is 6.96. The predicted molar refractivity (Wildman–Crippen MR) is 112 cm³/mol. The minimum absolute atomic E-state index is 0.00635. The second kappa shape index (κ2) is 8.89. The fourth-order valence-electron chi connectivity index (χ4n) is 4.13. The van der Waals surface area contributed by atoms with Gasteiger partial charge in [0.25, 0.3) is 0 Å². The number of carbonyl (C=O) groups excluding carboxylic acids is 2. The number of benzene rings is 1. The van der Waals surface area contributed by atoms with Crippen molar-refractivity contribution >= 4 is 44.2 Å². The Kier molecular flexibility index (Phi) is 6.73. The standard InChI is InChI=1S/C19H25ClN3O4P/c1-10-15-14(23(7-4-8-27-28)18(10)19(25)26-3)6-5-12(20)17(15)16-11(2)21-22-13(16)9-24/h5-6,9,11,13,16,21-22H,4,7-8,28H2,1-3H3. The molecule has 1 fully saturated rings. The zero-order valence-electron chi connectivity index (χ0n) is 16.1. The predicted octanol–water partition coefficient (Wildman–Crippen LogP) is 2.73. The van der Waals surface area contributed by atoms with E-state index in [1.165, 1.54) is 7.11 Å². The molecule has 1 saturated heterocycles. The lowest BCUT2D eigenvalue weighted by Gasteiger charge is -2.21. The van der Waals surface area contributed by atoms with Crippen LogP contribution in [0.3, 0.4) is 0 Å². The number of hydrogen-bond donors (Lipinski definition) is 2. The van der Waals surface area contributed by atoms with Crippen LogP contribution >= 0.6 is 21.1 Å². The van der Waals surface area contributed by atoms with Gasteiger partial charge in [-0.05, 0) is 43.5 Å². The van der Waals surface area contributed by atoms with Gasteiger partial charge in [0.05, 0.1) is 19.8 Å². The topological polar surface area (TPSA) is 81.6 Å². The Bertz CT molecular complexity index is 901. The van der Waals surface area contributed by atoms with Gasteiger partial charge in [-0.25, -0.2) is 10.2 Å². The van der Waals surface area contributed by atoms with Gasteiger partial charge in [-0.15, -0.1) is 0 Å². The summed E-state index contributed by atoms with van der Waals surface area (Å²) < 4.78 is 12.1. The Morgan fingerprint density at radius 1 is 1.39 bits per heavy atom. The van der Waals surface area contributed by atoms with Gasteiger partial charge in [-0.3, -0.25) is 5.43 Å². The molecule has 28 heavy (non-hydrogen) atoms. The molecule has 1 aromatic heterocycles. The van der Waals surface area contributed by atoms with Crippen molar-refractivity contribution in [3.05, 3.63) is 34.0 Å². The lowest BCUT2D eigenvalue weighted by atomic mass is 9.85. The van der Waals surface area contributed by atoms with Crippen molar-refractivity contribution in [3.8, 4) is 0 Å². The van der Waals surface area contributed by atoms with Crippen LogP contribution in [0.1, 0.15) is 40.9 Å². The molecule has 2 aromatic rings. The molecule has 2 heterocycles. The number of nitrogens with one attached hydrogen (secondary N) is 2. The molecule has 0 aliphatic carbocycles. The lowest BCUT2D eigenvalue weighted by molar-refractivity contribution is -0.109. The van der Waals surface area contributed by atoms with Gasteiger partial charge in [-0.2, -0.15) is 0 Å². The fraction of sp³-hybridized carbons (Fsp3) is 0.474. The molecule has 152 valence electrons. The van der Waals surface area contributed by atoms with Gasteiger partial charge >= 0.3 is 5.97 Å². The van der Waals surface area contributed by atoms with Crippen LogP contribution < -0.4 is 10.9 Å². The molecule has 3 rings (SSSR count). The van der Waals surface area contributed by atoms with Gasteiger partial charge in [-0.1, -0.05) is 11.6 Å². The molecular weight excluding hydrogens is 401 g/mol. The van der Waals surface area contributed by atoms with E-state index >= 15 is 0 Å². The van der Waals surface area contributed by atoms with Crippen LogP contribution in [0.15, 0.2) is 12.1 Å². The summed E-state index contributed by atoms with van der Waals surface area (Å²) in [6, 6.07) is 3.33. The monoisotopic (exact) mass is 425 g/mol. The van der Waals surface area contributed by atoms with E-state index in [-0.39, 0.29) is 12.0 Å². The summed E-state index contributed by atoms with van der Waals surface area (Å²) in [5.41, 5.74) is 9.20. The van der Waals surface area contributed by atoms with E-state index in [9.17, 15) is 9.59 Å². The van der Waals surface area contributed by atoms with Crippen molar-refractivity contribution < 1.29 is 18.8 Å². The quantitative estimate of drug-likeness (QED) is 0.307. The summed E-state index contributed by atoms with van der Waals surface area (Å²) >= 11 is 6.63. The van der Waals surface area contributed by atoms with E-state index in [4.69, 9.17) is 20.9 Å². The van der Waals surface area contributed by atoms with E-state index in [2.05, 4.69) is 20.3 Å². The number of aryl methyl sites for hydroxylation is 2. The van der Waals surface area contributed by atoms with Crippen molar-refractivity contribution in [2.45, 2.75) is 44.8 Å². The summed E-state index contributed by atoms with van der Waals surface area (Å²) in [7, 11) is 3.61. The number of carbonyl (C=O) groups is 2. The van der Waals surface area contributed by atoms with Crippen LogP contribution in [0.5, 0.6) is 0 Å². The van der Waals surface area contributed by atoms with Crippen LogP contribution in [0, 0.1) is 6.92 Å². The Hall–Kier alpha value is -1.50. The molecular formula is C19H25ClN3O4P. The fourth-order valence-corrected chi connectivity index (χ4v) is 4.58. The maximum atomic E-state index is 12.6. The molecule has 9 heteroatoms. The normalized spacial score (nSPS) is 22.0. The van der Waals surface area contributed by atoms with E-state index in [1.807, 2.05) is 30.5 Å². The highest BCUT2D eigenvalue weighted by molar-refractivity contribution is 7.09. The molecule has 0 amide bonds. The molecule has 0 bridgehead atoms. The van der Waals surface area contributed by atoms with E-state index in [1.54, 1.807) is 0 Å². The minimum atomic E-state index is -0.409. The van der Waals surface area contributed by atoms with Crippen LogP contribution in [-0.4, -0.2) is 42.6 Å². The maximum Gasteiger partial charge on any atom is 0.354 e. The molecule has 1 aliphatic rings. The van der Waals surface area contributed by atoms with Gasteiger partial charge in [0.15, 0.2) is 0 Å². The van der Waals surface area contributed by atoms with Crippen LogP contribution in [0.25, 0.3) is 10.9 Å². The number of nitrogens with zero attached hydrogens (tertiary/aromatic N) is 1. The summed E-state index contributed by atoms with van der Waals surface area (Å²) in [6.07, 6.45) is 1.62. The highest BCUT2D eigenvalue weighted by Gasteiger charge is 2.38. The number of hydrogen-bond acceptors (Lipinski definition) is 6. The Morgan fingerprint density at radius 2 is 2.14 bits per heavy atom. The van der Waals surface area contributed by atoms with Crippen LogP contribution in [0.4, 0.5) is 0 Å². The number of rotatable bonds is 7. The number of methoxy groups -OCH3 is 1. The van der Waals surface area contributed by atoms with Crippen molar-refractivity contribution in [1.82, 2.24) is 15.4 Å². The summed E-state index contributed by atoms with van der Waals surface area (Å²) in [5.74, 6) is -0.561. The van der Waals surface area contributed by atoms with Crippen molar-refractivity contribution in [2.24, 2.45) is 0 Å². The number of halogens is 1. The molecule has 0 spiro atoms. The number of aromatic nitrogens is 1. The summed E-state index contributed by atoms with van der Waals surface area (Å²) in [5, 5.41) is 1.47. The second-order valence-corrected chi connectivity index (χ2v) is 7.70. The third kappa shape index (κ3) is 3.58. The summed E-state index contributed by atoms with van der Waals surface area (Å²) in [6.45, 7) is 5.04. The zero-order valence-corrected chi connectivity index (χ0v) is 18.0. The number of ether oxygens (including phenoxy) is 1. The largest absolute Gasteiger partial charge is 0.464 e. The average Bonchev–Trinajstić information content (AvgIpc) is 3.19. The average molecular weight is 426 g/mol. The number of esters is 1. The highest BCUT2D eigenvalue weighted by Crippen LogP contribution is 2.41. The third-order valence-electron chi connectivity index (χ3n) is 5.37. The number of aldehydes is 1. The van der Waals surface area contributed by atoms with Gasteiger partial charge in [0.2, 0.25) is 0 Å². The van der Waals surface area contributed by atoms with E-state index < -0.39 is 12.0 Å². The third-order valence-corrected chi connectivity index (χ3v) is 5.93. The first-order valence-corrected chi connectivity index (χ1v) is 9.98. The smallest absolute Gasteiger partial charge is 0.354 e. The van der Waals surface area contributed by atoms with Crippen molar-refractivity contribution in [3.63, 3.8) is 0 Å². The van der Waals surface area contributed by atoms with E-state index in [0.29, 0.717) is 23.9 Å². The molecule has 1 aromatic carbocycles. The SMILES string of the molecule is COC(=O)c1c(C)c2c(C3C(C)NNC3C=O)c(Cl)ccc2n1CCCOP. The van der Waals surface area contributed by atoms with Crippen LogP contribution in [-0.2, 0) is 20.6 Å². The van der Waals surface area contributed by atoms with E-state index in [0.717, 1.165) is 34.7 Å². The minimum Gasteiger partial charge on any atom is -0.464 e. The van der Waals surface area contributed by atoms with Crippen molar-refractivity contribution in [2.75, 3.05) is 13.7 Å². The Labute approximate surface area is 171 Å². The van der Waals surface area contributed by atoms with Crippen molar-refractivity contribution in [1.29, 1.82) is 0 Å².